The molecule has 0 bridgehead atoms. The third-order valence-electron chi connectivity index (χ3n) is 4.26. The van der Waals surface area contributed by atoms with Gasteiger partial charge < -0.3 is 10.5 Å². The molecule has 0 amide bonds. The molecule has 0 radical (unpaired) electrons. The van der Waals surface area contributed by atoms with Crippen molar-refractivity contribution < 1.29 is 4.74 Å². The van der Waals surface area contributed by atoms with E-state index in [-0.39, 0.29) is 5.41 Å². The molecule has 1 aliphatic rings. The molecule has 0 fully saturated rings. The van der Waals surface area contributed by atoms with Gasteiger partial charge in [-0.2, -0.15) is 0 Å². The Morgan fingerprint density at radius 3 is 2.70 bits per heavy atom. The Balaban J connectivity index is 2.29. The summed E-state index contributed by atoms with van der Waals surface area (Å²) in [5.74, 6) is 1.54. The molecule has 0 spiro atoms. The summed E-state index contributed by atoms with van der Waals surface area (Å²) < 4.78 is 5.87. The van der Waals surface area contributed by atoms with Crippen LogP contribution in [-0.4, -0.2) is 31.1 Å². The molecule has 3 nitrogen and oxygen atoms in total. The van der Waals surface area contributed by atoms with Gasteiger partial charge in [-0.3, -0.25) is 4.90 Å². The Kier molecular flexibility index (Phi) is 4.71. The molecule has 0 saturated heterocycles. The molecular weight excluding hydrogens is 248 g/mol. The fourth-order valence-corrected chi connectivity index (χ4v) is 3.05. The second kappa shape index (κ2) is 6.15. The van der Waals surface area contributed by atoms with Crippen LogP contribution < -0.4 is 10.5 Å². The predicted octanol–water partition coefficient (Wildman–Crippen LogP) is 3.06. The van der Waals surface area contributed by atoms with E-state index in [0.29, 0.717) is 18.5 Å². The van der Waals surface area contributed by atoms with Gasteiger partial charge in [-0.25, -0.2) is 0 Å². The molecule has 2 unspecified atom stereocenters. The van der Waals surface area contributed by atoms with E-state index in [1.54, 1.807) is 0 Å². The highest BCUT2D eigenvalue weighted by molar-refractivity contribution is 5.38. The van der Waals surface area contributed by atoms with E-state index in [1.165, 1.54) is 5.56 Å². The van der Waals surface area contributed by atoms with Crippen LogP contribution in [0.3, 0.4) is 0 Å². The zero-order valence-corrected chi connectivity index (χ0v) is 13.2. The van der Waals surface area contributed by atoms with Crippen LogP contribution in [0.15, 0.2) is 24.3 Å². The highest BCUT2D eigenvalue weighted by Gasteiger charge is 2.34. The van der Waals surface area contributed by atoms with Gasteiger partial charge in [0.25, 0.3) is 0 Å². The molecule has 1 aromatic rings. The average Bonchev–Trinajstić information content (AvgIpc) is 2.45. The summed E-state index contributed by atoms with van der Waals surface area (Å²) in [5, 5.41) is 0. The number of benzene rings is 1. The molecule has 0 saturated carbocycles. The molecule has 0 aliphatic carbocycles. The molecule has 2 rings (SSSR count). The monoisotopic (exact) mass is 276 g/mol. The SMILES string of the molecule is CCN(CC(C)(C)CN)C1c2ccccc2OCC1C. The lowest BCUT2D eigenvalue weighted by Crippen LogP contribution is -2.44. The third kappa shape index (κ3) is 3.15. The van der Waals surface area contributed by atoms with Gasteiger partial charge in [0.15, 0.2) is 0 Å². The second-order valence-electron chi connectivity index (χ2n) is 6.70. The topological polar surface area (TPSA) is 38.5 Å². The molecule has 2 atom stereocenters. The molecule has 112 valence electrons. The van der Waals surface area contributed by atoms with Crippen LogP contribution in [0.4, 0.5) is 0 Å². The van der Waals surface area contributed by atoms with E-state index >= 15 is 0 Å². The minimum Gasteiger partial charge on any atom is -0.493 e. The molecule has 20 heavy (non-hydrogen) atoms. The van der Waals surface area contributed by atoms with Gasteiger partial charge in [-0.1, -0.05) is 45.9 Å². The van der Waals surface area contributed by atoms with E-state index in [9.17, 15) is 0 Å². The van der Waals surface area contributed by atoms with Gasteiger partial charge in [0.2, 0.25) is 0 Å². The first-order valence-electron chi connectivity index (χ1n) is 7.64. The summed E-state index contributed by atoms with van der Waals surface area (Å²) in [5.41, 5.74) is 7.38. The van der Waals surface area contributed by atoms with Crippen molar-refractivity contribution in [3.8, 4) is 5.75 Å². The maximum absolute atomic E-state index is 5.92. The summed E-state index contributed by atoms with van der Waals surface area (Å²) in [4.78, 5) is 2.55. The molecule has 2 N–H and O–H groups in total. The second-order valence-corrected chi connectivity index (χ2v) is 6.70. The first-order valence-corrected chi connectivity index (χ1v) is 7.64. The number of nitrogens with zero attached hydrogens (tertiary/aromatic N) is 1. The van der Waals surface area contributed by atoms with Gasteiger partial charge in [0.05, 0.1) is 6.61 Å². The van der Waals surface area contributed by atoms with Crippen molar-refractivity contribution in [2.24, 2.45) is 17.1 Å². The van der Waals surface area contributed by atoms with E-state index in [4.69, 9.17) is 10.5 Å². The lowest BCUT2D eigenvalue weighted by molar-refractivity contribution is 0.0656. The number of nitrogens with two attached hydrogens (primary N) is 1. The van der Waals surface area contributed by atoms with E-state index in [0.717, 1.165) is 25.4 Å². The van der Waals surface area contributed by atoms with E-state index in [1.807, 2.05) is 6.07 Å². The molecule has 0 aromatic heterocycles. The van der Waals surface area contributed by atoms with Crippen molar-refractivity contribution in [3.05, 3.63) is 29.8 Å². The number of fused-ring (bicyclic) bond motifs is 1. The van der Waals surface area contributed by atoms with Crippen molar-refractivity contribution in [2.45, 2.75) is 33.7 Å². The standard InChI is InChI=1S/C17H28N2O/c1-5-19(12-17(3,4)11-18)16-13(2)10-20-15-9-7-6-8-14(15)16/h6-9,13,16H,5,10-12,18H2,1-4H3. The molecular formula is C17H28N2O. The minimum absolute atomic E-state index is 0.142. The summed E-state index contributed by atoms with van der Waals surface area (Å²) in [6, 6.07) is 8.86. The quantitative estimate of drug-likeness (QED) is 0.898. The van der Waals surface area contributed by atoms with Crippen LogP contribution in [-0.2, 0) is 0 Å². The maximum atomic E-state index is 5.92. The van der Waals surface area contributed by atoms with Gasteiger partial charge in [0.1, 0.15) is 5.75 Å². The lowest BCUT2D eigenvalue weighted by atomic mass is 9.87. The van der Waals surface area contributed by atoms with Crippen LogP contribution in [0.2, 0.25) is 0 Å². The molecule has 3 heteroatoms. The van der Waals surface area contributed by atoms with Crippen LogP contribution in [0.25, 0.3) is 0 Å². The zero-order valence-electron chi connectivity index (χ0n) is 13.2. The molecule has 1 aromatic carbocycles. The average molecular weight is 276 g/mol. The Morgan fingerprint density at radius 1 is 1.35 bits per heavy atom. The fourth-order valence-electron chi connectivity index (χ4n) is 3.05. The lowest BCUT2D eigenvalue weighted by Gasteiger charge is -2.42. The minimum atomic E-state index is 0.142. The van der Waals surface area contributed by atoms with Gasteiger partial charge in [0, 0.05) is 24.1 Å². The third-order valence-corrected chi connectivity index (χ3v) is 4.26. The Labute approximate surface area is 123 Å². The maximum Gasteiger partial charge on any atom is 0.124 e. The predicted molar refractivity (Wildman–Crippen MR) is 83.9 cm³/mol. The van der Waals surface area contributed by atoms with Crippen molar-refractivity contribution in [1.82, 2.24) is 4.90 Å². The van der Waals surface area contributed by atoms with Crippen LogP contribution in [0.1, 0.15) is 39.3 Å². The van der Waals surface area contributed by atoms with Crippen molar-refractivity contribution in [2.75, 3.05) is 26.2 Å². The Hall–Kier alpha value is -1.06. The van der Waals surface area contributed by atoms with Crippen LogP contribution in [0.5, 0.6) is 5.75 Å². The number of hydrogen-bond donors (Lipinski definition) is 1. The molecule has 1 aliphatic heterocycles. The zero-order chi connectivity index (χ0) is 14.8. The van der Waals surface area contributed by atoms with Crippen molar-refractivity contribution in [3.63, 3.8) is 0 Å². The van der Waals surface area contributed by atoms with Gasteiger partial charge in [-0.05, 0) is 24.6 Å². The van der Waals surface area contributed by atoms with Crippen molar-refractivity contribution in [1.29, 1.82) is 0 Å². The summed E-state index contributed by atoms with van der Waals surface area (Å²) in [7, 11) is 0. The van der Waals surface area contributed by atoms with Gasteiger partial charge in [-0.15, -0.1) is 0 Å². The van der Waals surface area contributed by atoms with Crippen molar-refractivity contribution >= 4 is 0 Å². The van der Waals surface area contributed by atoms with Crippen LogP contribution in [0, 0.1) is 11.3 Å². The summed E-state index contributed by atoms with van der Waals surface area (Å²) in [6.07, 6.45) is 0. The highest BCUT2D eigenvalue weighted by atomic mass is 16.5. The number of para-hydroxylation sites is 1. The summed E-state index contributed by atoms with van der Waals surface area (Å²) >= 11 is 0. The first kappa shape index (κ1) is 15.3. The summed E-state index contributed by atoms with van der Waals surface area (Å²) in [6.45, 7) is 12.5. The number of hydrogen-bond acceptors (Lipinski definition) is 3. The molecule has 1 heterocycles. The Bertz CT molecular complexity index is 444. The normalized spacial score (nSPS) is 22.5. The first-order chi connectivity index (χ1) is 9.48. The Morgan fingerprint density at radius 2 is 2.05 bits per heavy atom. The fraction of sp³-hybridized carbons (Fsp3) is 0.647. The highest BCUT2D eigenvalue weighted by Crippen LogP contribution is 2.39. The van der Waals surface area contributed by atoms with Gasteiger partial charge >= 0.3 is 0 Å². The van der Waals surface area contributed by atoms with E-state index in [2.05, 4.69) is 50.8 Å². The van der Waals surface area contributed by atoms with E-state index < -0.39 is 0 Å². The number of rotatable bonds is 5. The van der Waals surface area contributed by atoms with Crippen LogP contribution >= 0.6 is 0 Å². The number of ether oxygens (including phenoxy) is 1. The smallest absolute Gasteiger partial charge is 0.124 e. The largest absolute Gasteiger partial charge is 0.493 e.